The van der Waals surface area contributed by atoms with Crippen molar-refractivity contribution in [2.24, 2.45) is 0 Å². The summed E-state index contributed by atoms with van der Waals surface area (Å²) in [4.78, 5) is 24.7. The SMILES string of the molecule is CC.Nc1nc(N2CCCC(N3CCOCC3)C2)nc(-c2ccc(F)cc2F)c1C=O. The second-order valence-corrected chi connectivity index (χ2v) is 7.30. The number of hydrogen-bond acceptors (Lipinski definition) is 7. The quantitative estimate of drug-likeness (QED) is 0.742. The van der Waals surface area contributed by atoms with E-state index in [1.54, 1.807) is 0 Å². The number of halogens is 2. The maximum atomic E-state index is 14.4. The second-order valence-electron chi connectivity index (χ2n) is 7.30. The standard InChI is InChI=1S/C20H23F2N5O2.C2H6/c21-13-3-4-15(17(22)10-13)18-16(12-28)19(23)25-20(24-18)27-5-1-2-14(11-27)26-6-8-29-9-7-26;1-2/h3-4,10,12,14H,1-2,5-9,11H2,(H2,23,24,25);1-2H3. The molecule has 0 saturated carbocycles. The molecule has 4 rings (SSSR count). The van der Waals surface area contributed by atoms with E-state index in [4.69, 9.17) is 10.5 Å². The van der Waals surface area contributed by atoms with Crippen LogP contribution in [0.2, 0.25) is 0 Å². The Morgan fingerprint density at radius 2 is 1.90 bits per heavy atom. The number of ether oxygens (including phenoxy) is 1. The average Bonchev–Trinajstić information content (AvgIpc) is 2.80. The van der Waals surface area contributed by atoms with Gasteiger partial charge in [0.25, 0.3) is 0 Å². The van der Waals surface area contributed by atoms with E-state index in [0.717, 1.165) is 57.8 Å². The highest BCUT2D eigenvalue weighted by Gasteiger charge is 2.29. The normalized spacial score (nSPS) is 19.5. The van der Waals surface area contributed by atoms with E-state index in [2.05, 4.69) is 14.9 Å². The number of benzene rings is 1. The van der Waals surface area contributed by atoms with Gasteiger partial charge in [0.2, 0.25) is 5.95 Å². The average molecular weight is 434 g/mol. The van der Waals surface area contributed by atoms with Crippen molar-refractivity contribution in [3.05, 3.63) is 35.4 Å². The topological polar surface area (TPSA) is 84.6 Å². The van der Waals surface area contributed by atoms with E-state index >= 15 is 0 Å². The number of nitrogens with zero attached hydrogens (tertiary/aromatic N) is 4. The molecule has 31 heavy (non-hydrogen) atoms. The third-order valence-corrected chi connectivity index (χ3v) is 5.51. The molecule has 2 N–H and O–H groups in total. The van der Waals surface area contributed by atoms with Gasteiger partial charge in [-0.2, -0.15) is 4.98 Å². The van der Waals surface area contributed by atoms with Gasteiger partial charge in [0, 0.05) is 43.9 Å². The highest BCUT2D eigenvalue weighted by Crippen LogP contribution is 2.30. The first-order chi connectivity index (χ1) is 15.1. The van der Waals surface area contributed by atoms with Crippen molar-refractivity contribution in [3.63, 3.8) is 0 Å². The van der Waals surface area contributed by atoms with Gasteiger partial charge in [0.15, 0.2) is 6.29 Å². The molecule has 1 atom stereocenters. The molecule has 1 unspecified atom stereocenters. The first kappa shape index (κ1) is 23.0. The summed E-state index contributed by atoms with van der Waals surface area (Å²) in [6.07, 6.45) is 2.53. The first-order valence-electron chi connectivity index (χ1n) is 10.7. The lowest BCUT2D eigenvalue weighted by Gasteiger charge is -2.41. The van der Waals surface area contributed by atoms with Crippen LogP contribution >= 0.6 is 0 Å². The molecule has 1 aromatic carbocycles. The molecular weight excluding hydrogens is 404 g/mol. The van der Waals surface area contributed by atoms with Gasteiger partial charge in [-0.05, 0) is 25.0 Å². The lowest BCUT2D eigenvalue weighted by Crippen LogP contribution is -2.52. The number of carbonyl (C=O) groups excluding carboxylic acids is 1. The fourth-order valence-corrected chi connectivity index (χ4v) is 4.00. The molecule has 0 amide bonds. The number of aldehydes is 1. The molecule has 3 heterocycles. The van der Waals surface area contributed by atoms with Crippen LogP contribution in [0.15, 0.2) is 18.2 Å². The van der Waals surface area contributed by atoms with Crippen LogP contribution in [0.25, 0.3) is 11.3 Å². The molecule has 2 aliphatic rings. The summed E-state index contributed by atoms with van der Waals surface area (Å²) in [5, 5.41) is 0. The zero-order chi connectivity index (χ0) is 22.4. The minimum absolute atomic E-state index is 0.000923. The first-order valence-corrected chi connectivity index (χ1v) is 10.7. The van der Waals surface area contributed by atoms with Crippen molar-refractivity contribution in [2.75, 3.05) is 50.0 Å². The second kappa shape index (κ2) is 10.6. The number of anilines is 2. The maximum absolute atomic E-state index is 14.4. The third-order valence-electron chi connectivity index (χ3n) is 5.51. The number of piperidine rings is 1. The van der Waals surface area contributed by atoms with Gasteiger partial charge < -0.3 is 15.4 Å². The number of carbonyl (C=O) groups is 1. The summed E-state index contributed by atoms with van der Waals surface area (Å²) in [6.45, 7) is 8.68. The molecule has 2 aliphatic heterocycles. The summed E-state index contributed by atoms with van der Waals surface area (Å²) in [7, 11) is 0. The monoisotopic (exact) mass is 433 g/mol. The predicted molar refractivity (Wildman–Crippen MR) is 116 cm³/mol. The predicted octanol–water partition coefficient (Wildman–Crippen LogP) is 3.14. The van der Waals surface area contributed by atoms with Crippen molar-refractivity contribution in [1.29, 1.82) is 0 Å². The van der Waals surface area contributed by atoms with E-state index < -0.39 is 11.6 Å². The Morgan fingerprint density at radius 3 is 2.58 bits per heavy atom. The summed E-state index contributed by atoms with van der Waals surface area (Å²) < 4.78 is 33.1. The number of aromatic nitrogens is 2. The summed E-state index contributed by atoms with van der Waals surface area (Å²) >= 11 is 0. The Hall–Kier alpha value is -2.65. The Bertz CT molecular complexity index is 906. The van der Waals surface area contributed by atoms with Gasteiger partial charge in [-0.25, -0.2) is 13.8 Å². The molecule has 2 aromatic rings. The Morgan fingerprint density at radius 1 is 1.16 bits per heavy atom. The van der Waals surface area contributed by atoms with Gasteiger partial charge in [-0.15, -0.1) is 0 Å². The van der Waals surface area contributed by atoms with Gasteiger partial charge in [0.1, 0.15) is 17.5 Å². The highest BCUT2D eigenvalue weighted by molar-refractivity contribution is 5.91. The van der Waals surface area contributed by atoms with Crippen LogP contribution in [-0.4, -0.2) is 66.6 Å². The number of rotatable bonds is 4. The fraction of sp³-hybridized carbons (Fsp3) is 0.500. The van der Waals surface area contributed by atoms with Crippen molar-refractivity contribution in [2.45, 2.75) is 32.7 Å². The molecule has 1 aromatic heterocycles. The van der Waals surface area contributed by atoms with Gasteiger partial charge in [0.05, 0.1) is 24.5 Å². The lowest BCUT2D eigenvalue weighted by molar-refractivity contribution is 0.0136. The fourth-order valence-electron chi connectivity index (χ4n) is 4.00. The molecule has 0 radical (unpaired) electrons. The molecule has 2 fully saturated rings. The van der Waals surface area contributed by atoms with Crippen molar-refractivity contribution in [1.82, 2.24) is 14.9 Å². The number of nitrogens with two attached hydrogens (primary N) is 1. The molecule has 168 valence electrons. The van der Waals surface area contributed by atoms with Crippen LogP contribution in [0.3, 0.4) is 0 Å². The summed E-state index contributed by atoms with van der Waals surface area (Å²) in [6, 6.07) is 3.49. The van der Waals surface area contributed by atoms with Crippen LogP contribution in [0.4, 0.5) is 20.5 Å². The molecule has 0 spiro atoms. The van der Waals surface area contributed by atoms with Crippen LogP contribution in [0.1, 0.15) is 37.0 Å². The van der Waals surface area contributed by atoms with Crippen LogP contribution in [0, 0.1) is 11.6 Å². The van der Waals surface area contributed by atoms with Gasteiger partial charge >= 0.3 is 0 Å². The minimum Gasteiger partial charge on any atom is -0.383 e. The molecule has 2 saturated heterocycles. The van der Waals surface area contributed by atoms with Crippen molar-refractivity contribution >= 4 is 18.1 Å². The van der Waals surface area contributed by atoms with E-state index in [1.165, 1.54) is 6.07 Å². The summed E-state index contributed by atoms with van der Waals surface area (Å²) in [5.74, 6) is -1.17. The van der Waals surface area contributed by atoms with E-state index in [-0.39, 0.29) is 22.6 Å². The van der Waals surface area contributed by atoms with Gasteiger partial charge in [-0.1, -0.05) is 13.8 Å². The molecule has 0 aliphatic carbocycles. The number of nitrogen functional groups attached to an aromatic ring is 1. The van der Waals surface area contributed by atoms with Gasteiger partial charge in [-0.3, -0.25) is 9.69 Å². The minimum atomic E-state index is -0.804. The zero-order valence-electron chi connectivity index (χ0n) is 18.0. The number of morpholine rings is 1. The highest BCUT2D eigenvalue weighted by atomic mass is 19.1. The van der Waals surface area contributed by atoms with Crippen molar-refractivity contribution in [3.8, 4) is 11.3 Å². The molecule has 0 bridgehead atoms. The van der Waals surface area contributed by atoms with E-state index in [9.17, 15) is 13.6 Å². The maximum Gasteiger partial charge on any atom is 0.227 e. The number of hydrogen-bond donors (Lipinski definition) is 1. The lowest BCUT2D eigenvalue weighted by atomic mass is 10.0. The molecule has 7 nitrogen and oxygen atoms in total. The Balaban J connectivity index is 0.00000132. The molecular formula is C22H29F2N5O2. The summed E-state index contributed by atoms with van der Waals surface area (Å²) in [5.41, 5.74) is 6.10. The smallest absolute Gasteiger partial charge is 0.227 e. The Kier molecular flexibility index (Phi) is 7.86. The molecule has 9 heteroatoms. The third kappa shape index (κ3) is 5.16. The van der Waals surface area contributed by atoms with Crippen molar-refractivity contribution < 1.29 is 18.3 Å². The van der Waals surface area contributed by atoms with Crippen LogP contribution in [-0.2, 0) is 4.74 Å². The largest absolute Gasteiger partial charge is 0.383 e. The van der Waals surface area contributed by atoms with Crippen LogP contribution < -0.4 is 10.6 Å². The van der Waals surface area contributed by atoms with E-state index in [0.29, 0.717) is 24.8 Å². The van der Waals surface area contributed by atoms with Crippen LogP contribution in [0.5, 0.6) is 0 Å². The van der Waals surface area contributed by atoms with E-state index in [1.807, 2.05) is 18.7 Å². The zero-order valence-corrected chi connectivity index (χ0v) is 18.0. The Labute approximate surface area is 181 Å².